The van der Waals surface area contributed by atoms with Crippen LogP contribution in [0.3, 0.4) is 0 Å². The predicted octanol–water partition coefficient (Wildman–Crippen LogP) is 1.13. The van der Waals surface area contributed by atoms with E-state index in [-0.39, 0.29) is 47.5 Å². The number of carbonyl (C=O) groups is 1. The fraction of sp³-hybridized carbons (Fsp3) is 0.867. The van der Waals surface area contributed by atoms with E-state index >= 15 is 0 Å². The first kappa shape index (κ1) is 23.4. The second-order valence-electron chi connectivity index (χ2n) is 6.92. The molecule has 0 amide bonds. The Bertz CT molecular complexity index is 558. The Labute approximate surface area is 162 Å². The minimum atomic E-state index is -3.17. The lowest BCUT2D eigenvalue weighted by atomic mass is 9.99. The van der Waals surface area contributed by atoms with Crippen LogP contribution in [-0.2, 0) is 19.4 Å². The first-order valence-electron chi connectivity index (χ1n) is 7.79. The first-order chi connectivity index (χ1) is 10.5. The van der Waals surface area contributed by atoms with E-state index in [1.54, 1.807) is 27.8 Å². The maximum Gasteiger partial charge on any atom is 0.310 e. The molecular weight excluding hydrogens is 445 g/mol. The molecule has 0 aromatic rings. The van der Waals surface area contributed by atoms with Crippen LogP contribution in [0.1, 0.15) is 27.7 Å². The molecule has 2 atom stereocenters. The lowest BCUT2D eigenvalue weighted by molar-refractivity contribution is -0.145. The minimum Gasteiger partial charge on any atom is -0.469 e. The predicted molar refractivity (Wildman–Crippen MR) is 107 cm³/mol. The van der Waals surface area contributed by atoms with E-state index in [9.17, 15) is 13.2 Å². The van der Waals surface area contributed by atoms with Gasteiger partial charge in [0.1, 0.15) is 0 Å². The Balaban J connectivity index is 0.00000529. The zero-order chi connectivity index (χ0) is 17.8. The van der Waals surface area contributed by atoms with Crippen LogP contribution in [0.4, 0.5) is 0 Å². The van der Waals surface area contributed by atoms with Crippen LogP contribution >= 0.6 is 24.0 Å². The summed E-state index contributed by atoms with van der Waals surface area (Å²) in [4.78, 5) is 17.9. The monoisotopic (exact) mass is 475 g/mol. The van der Waals surface area contributed by atoms with Crippen LogP contribution in [0.15, 0.2) is 4.99 Å². The summed E-state index contributed by atoms with van der Waals surface area (Å²) in [5.41, 5.74) is 0. The van der Waals surface area contributed by atoms with Crippen LogP contribution in [0.25, 0.3) is 0 Å². The highest BCUT2D eigenvalue weighted by atomic mass is 127. The maximum atomic E-state index is 12.1. The third-order valence-corrected chi connectivity index (χ3v) is 6.82. The molecule has 1 rings (SSSR count). The van der Waals surface area contributed by atoms with Crippen molar-refractivity contribution in [1.29, 1.82) is 0 Å². The topological polar surface area (TPSA) is 88.1 Å². The van der Waals surface area contributed by atoms with Gasteiger partial charge in [-0.15, -0.1) is 24.0 Å². The Hall–Kier alpha value is -0.580. The van der Waals surface area contributed by atoms with E-state index in [0.717, 1.165) is 0 Å². The second kappa shape index (κ2) is 9.21. The van der Waals surface area contributed by atoms with Gasteiger partial charge in [-0.1, -0.05) is 6.92 Å². The summed E-state index contributed by atoms with van der Waals surface area (Å²) in [6.07, 6.45) is 0. The number of ether oxygens (including phenoxy) is 1. The molecule has 1 aliphatic rings. The van der Waals surface area contributed by atoms with Gasteiger partial charge in [0.15, 0.2) is 15.8 Å². The van der Waals surface area contributed by atoms with Crippen LogP contribution < -0.4 is 5.32 Å². The molecule has 0 aromatic heterocycles. The molecule has 7 nitrogen and oxygen atoms in total. The van der Waals surface area contributed by atoms with Gasteiger partial charge in [-0.2, -0.15) is 0 Å². The number of sulfone groups is 1. The maximum absolute atomic E-state index is 12.1. The molecule has 0 aliphatic carbocycles. The molecule has 24 heavy (non-hydrogen) atoms. The molecule has 9 heteroatoms. The van der Waals surface area contributed by atoms with Crippen molar-refractivity contribution in [3.8, 4) is 0 Å². The van der Waals surface area contributed by atoms with Crippen molar-refractivity contribution < 1.29 is 17.9 Å². The molecule has 142 valence electrons. The number of hydrogen-bond donors (Lipinski definition) is 1. The number of halogens is 1. The number of nitrogens with zero attached hydrogens (tertiary/aromatic N) is 2. The largest absolute Gasteiger partial charge is 0.469 e. The van der Waals surface area contributed by atoms with Crippen molar-refractivity contribution in [2.24, 2.45) is 16.8 Å². The number of rotatable bonds is 4. The van der Waals surface area contributed by atoms with E-state index in [1.165, 1.54) is 7.11 Å². The average molecular weight is 475 g/mol. The molecular formula is C15H30IN3O4S. The van der Waals surface area contributed by atoms with Gasteiger partial charge in [0, 0.05) is 26.7 Å². The highest BCUT2D eigenvalue weighted by molar-refractivity contribution is 14.0. The molecule has 0 spiro atoms. The molecule has 1 fully saturated rings. The molecule has 0 bridgehead atoms. The average Bonchev–Trinajstić information content (AvgIpc) is 2.83. The number of likely N-dealkylation sites (tertiary alicyclic amines) is 1. The summed E-state index contributed by atoms with van der Waals surface area (Å²) in [7, 11) is -0.134. The Morgan fingerprint density at radius 3 is 2.38 bits per heavy atom. The zero-order valence-electron chi connectivity index (χ0n) is 15.3. The number of aliphatic imine (C=N–C) groups is 1. The van der Waals surface area contributed by atoms with Gasteiger partial charge in [0.25, 0.3) is 0 Å². The molecule has 0 saturated carbocycles. The van der Waals surface area contributed by atoms with Crippen LogP contribution in [-0.4, -0.2) is 69.5 Å². The number of methoxy groups -OCH3 is 1. The minimum absolute atomic E-state index is 0. The summed E-state index contributed by atoms with van der Waals surface area (Å²) < 4.78 is 28.3. The summed E-state index contributed by atoms with van der Waals surface area (Å²) in [5.74, 6) is 0.425. The Morgan fingerprint density at radius 2 is 1.92 bits per heavy atom. The van der Waals surface area contributed by atoms with Crippen molar-refractivity contribution in [2.75, 3.05) is 39.5 Å². The molecule has 0 aromatic carbocycles. The van der Waals surface area contributed by atoms with Gasteiger partial charge in [0.2, 0.25) is 0 Å². The van der Waals surface area contributed by atoms with Gasteiger partial charge >= 0.3 is 5.97 Å². The van der Waals surface area contributed by atoms with Gasteiger partial charge in [0.05, 0.1) is 23.5 Å². The molecule has 1 heterocycles. The fourth-order valence-corrected chi connectivity index (χ4v) is 3.52. The van der Waals surface area contributed by atoms with E-state index in [4.69, 9.17) is 4.74 Å². The lowest BCUT2D eigenvalue weighted by Crippen LogP contribution is -2.43. The summed E-state index contributed by atoms with van der Waals surface area (Å²) in [6, 6.07) is 0. The van der Waals surface area contributed by atoms with E-state index in [0.29, 0.717) is 25.6 Å². The number of hydrogen-bond acceptors (Lipinski definition) is 5. The van der Waals surface area contributed by atoms with Crippen molar-refractivity contribution in [3.63, 3.8) is 0 Å². The van der Waals surface area contributed by atoms with E-state index in [1.807, 2.05) is 11.8 Å². The molecule has 1 saturated heterocycles. The summed E-state index contributed by atoms with van der Waals surface area (Å²) in [6.45, 7) is 8.59. The molecule has 0 radical (unpaired) electrons. The SMILES string of the molecule is CN=C(NCCS(=O)(=O)C(C)(C)C)N1CC(C)C(C(=O)OC)C1.I. The molecule has 1 N–H and O–H groups in total. The van der Waals surface area contributed by atoms with Crippen molar-refractivity contribution >= 4 is 45.7 Å². The number of esters is 1. The van der Waals surface area contributed by atoms with Crippen LogP contribution in [0.2, 0.25) is 0 Å². The van der Waals surface area contributed by atoms with Gasteiger partial charge in [-0.3, -0.25) is 9.79 Å². The number of guanidine groups is 1. The van der Waals surface area contributed by atoms with Crippen LogP contribution in [0, 0.1) is 11.8 Å². The number of carbonyl (C=O) groups excluding carboxylic acids is 1. The molecule has 2 unspecified atom stereocenters. The van der Waals surface area contributed by atoms with Crippen LogP contribution in [0.5, 0.6) is 0 Å². The van der Waals surface area contributed by atoms with Gasteiger partial charge in [-0.05, 0) is 26.7 Å². The Kier molecular flexibility index (Phi) is 8.99. The van der Waals surface area contributed by atoms with Gasteiger partial charge in [-0.25, -0.2) is 8.42 Å². The van der Waals surface area contributed by atoms with Crippen molar-refractivity contribution in [3.05, 3.63) is 0 Å². The summed E-state index contributed by atoms with van der Waals surface area (Å²) in [5, 5.41) is 3.08. The van der Waals surface area contributed by atoms with Crippen molar-refractivity contribution in [1.82, 2.24) is 10.2 Å². The third kappa shape index (κ3) is 5.75. The zero-order valence-corrected chi connectivity index (χ0v) is 18.5. The van der Waals surface area contributed by atoms with E-state index in [2.05, 4.69) is 10.3 Å². The third-order valence-electron chi connectivity index (χ3n) is 4.21. The highest BCUT2D eigenvalue weighted by Crippen LogP contribution is 2.24. The number of nitrogens with one attached hydrogen (secondary N) is 1. The standard InChI is InChI=1S/C15H29N3O4S.HI/c1-11-9-18(10-12(11)13(19)22-6)14(16-5)17-7-8-23(20,21)15(2,3)4;/h11-12H,7-10H2,1-6H3,(H,16,17);1H. The molecule has 1 aliphatic heterocycles. The quantitative estimate of drug-likeness (QED) is 0.284. The fourth-order valence-electron chi connectivity index (χ4n) is 2.53. The van der Waals surface area contributed by atoms with E-state index < -0.39 is 14.6 Å². The van der Waals surface area contributed by atoms with Gasteiger partial charge < -0.3 is 15.0 Å². The summed E-state index contributed by atoms with van der Waals surface area (Å²) >= 11 is 0. The smallest absolute Gasteiger partial charge is 0.310 e. The Morgan fingerprint density at radius 1 is 1.33 bits per heavy atom. The van der Waals surface area contributed by atoms with Crippen molar-refractivity contribution in [2.45, 2.75) is 32.4 Å². The first-order valence-corrected chi connectivity index (χ1v) is 9.44. The second-order valence-corrected chi connectivity index (χ2v) is 9.78. The highest BCUT2D eigenvalue weighted by Gasteiger charge is 2.37. The lowest BCUT2D eigenvalue weighted by Gasteiger charge is -2.23. The normalized spacial score (nSPS) is 22.1.